The van der Waals surface area contributed by atoms with Gasteiger partial charge in [-0.15, -0.1) is 0 Å². The van der Waals surface area contributed by atoms with Crippen LogP contribution in [-0.4, -0.2) is 23.0 Å². The van der Waals surface area contributed by atoms with Crippen molar-refractivity contribution in [1.29, 1.82) is 0 Å². The minimum Gasteiger partial charge on any atom is -0.290 e. The summed E-state index contributed by atoms with van der Waals surface area (Å²) in [7, 11) is 0. The van der Waals surface area contributed by atoms with Gasteiger partial charge in [-0.3, -0.25) is 14.5 Å². The van der Waals surface area contributed by atoms with Gasteiger partial charge in [-0.05, 0) is 12.3 Å². The highest BCUT2D eigenvalue weighted by atomic mass is 16.2. The van der Waals surface area contributed by atoms with Crippen LogP contribution < -0.4 is 0 Å². The van der Waals surface area contributed by atoms with Gasteiger partial charge in [0.05, 0.1) is 0 Å². The Labute approximate surface area is 78.5 Å². The largest absolute Gasteiger partial charge is 0.301 e. The summed E-state index contributed by atoms with van der Waals surface area (Å²) in [5, 5.41) is 0. The lowest BCUT2D eigenvalue weighted by Crippen LogP contribution is -2.39. The zero-order chi connectivity index (χ0) is 9.59. The van der Waals surface area contributed by atoms with Crippen LogP contribution in [-0.2, 0) is 4.79 Å². The first-order chi connectivity index (χ1) is 6.15. The fourth-order valence-electron chi connectivity index (χ4n) is 2.15. The maximum atomic E-state index is 11.7. The van der Waals surface area contributed by atoms with Crippen molar-refractivity contribution in [2.45, 2.75) is 38.9 Å². The number of hydrogen-bond acceptors (Lipinski definition) is 1. The topological polar surface area (TPSA) is 24.7 Å². The number of likely N-dealkylation sites (tertiary alicyclic amines) is 1. The van der Waals surface area contributed by atoms with E-state index < -0.39 is 0 Å². The average molecular weight is 178 g/mol. The molecule has 1 aliphatic heterocycles. The molecule has 0 spiro atoms. The molecule has 1 amide bonds. The average Bonchev–Trinajstić information content (AvgIpc) is 2.76. The Morgan fingerprint density at radius 2 is 2.23 bits per heavy atom. The number of hydrogen-bond donors (Lipinski definition) is 0. The molecule has 2 fully saturated rings. The highest BCUT2D eigenvalue weighted by Gasteiger charge is 2.57. The van der Waals surface area contributed by atoms with Crippen LogP contribution in [0.3, 0.4) is 0 Å². The smallest absolute Gasteiger partial charge is 0.290 e. The van der Waals surface area contributed by atoms with Crippen molar-refractivity contribution < 1.29 is 4.79 Å². The van der Waals surface area contributed by atoms with Gasteiger partial charge in [0.15, 0.2) is 0 Å². The Hall–Kier alpha value is -1.04. The molecule has 1 saturated carbocycles. The summed E-state index contributed by atoms with van der Waals surface area (Å²) in [6, 6.07) is 0.411. The van der Waals surface area contributed by atoms with Crippen LogP contribution in [0.25, 0.3) is 4.85 Å². The van der Waals surface area contributed by atoms with Crippen molar-refractivity contribution in [3.8, 4) is 0 Å². The lowest BCUT2D eigenvalue weighted by atomic mass is 10.2. The zero-order valence-electron chi connectivity index (χ0n) is 8.03. The van der Waals surface area contributed by atoms with Crippen molar-refractivity contribution in [2.75, 3.05) is 0 Å². The Morgan fingerprint density at radius 1 is 1.54 bits per heavy atom. The van der Waals surface area contributed by atoms with Gasteiger partial charge in [0.1, 0.15) is 0 Å². The number of piperidine rings is 1. The summed E-state index contributed by atoms with van der Waals surface area (Å²) < 4.78 is 0. The molecule has 70 valence electrons. The number of amides is 1. The lowest BCUT2D eigenvalue weighted by molar-refractivity contribution is -0.135. The molecular weight excluding hydrogens is 164 g/mol. The first-order valence-corrected chi connectivity index (χ1v) is 4.84. The number of nitrogens with zero attached hydrogens (tertiary/aromatic N) is 2. The van der Waals surface area contributed by atoms with Gasteiger partial charge in [-0.25, -0.2) is 6.57 Å². The normalized spacial score (nSPS) is 35.8. The number of carbonyl (C=O) groups is 1. The molecular formula is C10H14N2O. The van der Waals surface area contributed by atoms with Crippen LogP contribution in [0.15, 0.2) is 0 Å². The Balaban J connectivity index is 2.13. The molecule has 2 rings (SSSR count). The second-order valence-corrected chi connectivity index (χ2v) is 4.31. The SMILES string of the molecule is [C-]#[N+][C@@H]1C[C@@H]2C[C@@H]2N1C(=O)C(C)C. The van der Waals surface area contributed by atoms with E-state index in [-0.39, 0.29) is 18.0 Å². The van der Waals surface area contributed by atoms with E-state index in [9.17, 15) is 4.79 Å². The van der Waals surface area contributed by atoms with Gasteiger partial charge < -0.3 is 0 Å². The van der Waals surface area contributed by atoms with Gasteiger partial charge in [0, 0.05) is 18.4 Å². The fourth-order valence-corrected chi connectivity index (χ4v) is 2.15. The number of carbonyl (C=O) groups excluding carboxylic acids is 1. The standard InChI is InChI=1S/C10H14N2O/c1-6(2)10(13)12-8-4-7(8)5-9(12)11-3/h6-9H,4-5H2,1-2H3/t7-,8-,9-/m0/s1. The molecule has 3 nitrogen and oxygen atoms in total. The third kappa shape index (κ3) is 1.21. The fraction of sp³-hybridized carbons (Fsp3) is 0.800. The van der Waals surface area contributed by atoms with E-state index >= 15 is 0 Å². The summed E-state index contributed by atoms with van der Waals surface area (Å²) in [5.74, 6) is 0.830. The van der Waals surface area contributed by atoms with Crippen molar-refractivity contribution in [3.63, 3.8) is 0 Å². The van der Waals surface area contributed by atoms with Gasteiger partial charge in [-0.2, -0.15) is 0 Å². The monoisotopic (exact) mass is 178 g/mol. The van der Waals surface area contributed by atoms with Crippen LogP contribution in [0.2, 0.25) is 0 Å². The minimum atomic E-state index is -0.154. The van der Waals surface area contributed by atoms with Gasteiger partial charge in [0.2, 0.25) is 5.91 Å². The summed E-state index contributed by atoms with van der Waals surface area (Å²) in [6.45, 7) is 10.8. The van der Waals surface area contributed by atoms with E-state index in [1.807, 2.05) is 18.7 Å². The Bertz CT molecular complexity index is 279. The van der Waals surface area contributed by atoms with Crippen LogP contribution in [0, 0.1) is 18.4 Å². The summed E-state index contributed by atoms with van der Waals surface area (Å²) in [6.07, 6.45) is 1.88. The molecule has 0 N–H and O–H groups in total. The molecule has 1 heterocycles. The summed E-state index contributed by atoms with van der Waals surface area (Å²) in [4.78, 5) is 17.1. The quantitative estimate of drug-likeness (QED) is 0.558. The van der Waals surface area contributed by atoms with Crippen LogP contribution >= 0.6 is 0 Å². The van der Waals surface area contributed by atoms with E-state index in [1.54, 1.807) is 0 Å². The third-order valence-electron chi connectivity index (χ3n) is 2.97. The predicted octanol–water partition coefficient (Wildman–Crippen LogP) is 1.51. The number of rotatable bonds is 1. The molecule has 0 unspecified atom stereocenters. The second kappa shape index (κ2) is 2.73. The van der Waals surface area contributed by atoms with Crippen molar-refractivity contribution in [2.24, 2.45) is 11.8 Å². The summed E-state index contributed by atoms with van der Waals surface area (Å²) in [5.41, 5.74) is 0. The van der Waals surface area contributed by atoms with Gasteiger partial charge in [-0.1, -0.05) is 13.8 Å². The molecule has 0 aromatic carbocycles. The van der Waals surface area contributed by atoms with Crippen LogP contribution in [0.4, 0.5) is 0 Å². The molecule has 1 saturated heterocycles. The third-order valence-corrected chi connectivity index (χ3v) is 2.97. The molecule has 0 radical (unpaired) electrons. The first kappa shape index (κ1) is 8.55. The maximum Gasteiger partial charge on any atom is 0.301 e. The second-order valence-electron chi connectivity index (χ2n) is 4.31. The predicted molar refractivity (Wildman–Crippen MR) is 48.6 cm³/mol. The highest BCUT2D eigenvalue weighted by Crippen LogP contribution is 2.48. The first-order valence-electron chi connectivity index (χ1n) is 4.84. The van der Waals surface area contributed by atoms with E-state index in [1.165, 1.54) is 0 Å². The van der Waals surface area contributed by atoms with Crippen molar-refractivity contribution in [3.05, 3.63) is 11.4 Å². The van der Waals surface area contributed by atoms with E-state index in [0.29, 0.717) is 12.0 Å². The molecule has 13 heavy (non-hydrogen) atoms. The lowest BCUT2D eigenvalue weighted by Gasteiger charge is -2.20. The molecule has 0 aromatic rings. The highest BCUT2D eigenvalue weighted by molar-refractivity contribution is 5.79. The molecule has 0 bridgehead atoms. The molecule has 1 aliphatic carbocycles. The minimum absolute atomic E-state index is 0.0311. The van der Waals surface area contributed by atoms with E-state index in [4.69, 9.17) is 6.57 Å². The van der Waals surface area contributed by atoms with Crippen LogP contribution in [0.1, 0.15) is 26.7 Å². The van der Waals surface area contributed by atoms with Gasteiger partial charge in [0.25, 0.3) is 0 Å². The number of fused-ring (bicyclic) bond motifs is 1. The van der Waals surface area contributed by atoms with E-state index in [2.05, 4.69) is 4.85 Å². The van der Waals surface area contributed by atoms with Crippen LogP contribution in [0.5, 0.6) is 0 Å². The molecule has 0 aromatic heterocycles. The van der Waals surface area contributed by atoms with Crippen molar-refractivity contribution >= 4 is 5.91 Å². The molecule has 2 aliphatic rings. The van der Waals surface area contributed by atoms with Crippen molar-refractivity contribution in [1.82, 2.24) is 4.90 Å². The maximum absolute atomic E-state index is 11.7. The summed E-state index contributed by atoms with van der Waals surface area (Å²) >= 11 is 0. The van der Waals surface area contributed by atoms with Gasteiger partial charge >= 0.3 is 6.17 Å². The van der Waals surface area contributed by atoms with E-state index in [0.717, 1.165) is 12.8 Å². The Kier molecular flexibility index (Phi) is 1.80. The Morgan fingerprint density at radius 3 is 2.77 bits per heavy atom. The molecule has 3 heteroatoms. The molecule has 3 atom stereocenters. The zero-order valence-corrected chi connectivity index (χ0v) is 8.03.